The number of hydrogen-bond donors (Lipinski definition) is 2. The van der Waals surface area contributed by atoms with Gasteiger partial charge in [0, 0.05) is 18.0 Å². The van der Waals surface area contributed by atoms with Crippen LogP contribution in [0.1, 0.15) is 11.1 Å². The number of carbonyl (C=O) groups is 1. The maximum atomic E-state index is 11.8. The molecule has 104 valence electrons. The van der Waals surface area contributed by atoms with Crippen LogP contribution >= 0.6 is 0 Å². The lowest BCUT2D eigenvalue weighted by molar-refractivity contribution is -0.116. The van der Waals surface area contributed by atoms with Gasteiger partial charge in [-0.2, -0.15) is 5.10 Å². The van der Waals surface area contributed by atoms with Crippen LogP contribution in [0.4, 0.5) is 0 Å². The Morgan fingerprint density at radius 2 is 2.05 bits per heavy atom. The second-order valence-corrected chi connectivity index (χ2v) is 4.75. The Balaban J connectivity index is 1.59. The highest BCUT2D eigenvalue weighted by Gasteiger charge is 2.00. The van der Waals surface area contributed by atoms with Crippen LogP contribution in [0.3, 0.4) is 0 Å². The Kier molecular flexibility index (Phi) is 3.78. The molecule has 2 aromatic carbocycles. The highest BCUT2D eigenvalue weighted by Crippen LogP contribution is 2.12. The van der Waals surface area contributed by atoms with Crippen LogP contribution in [-0.4, -0.2) is 16.1 Å². The number of hydrogen-bond acceptors (Lipinski definition) is 2. The van der Waals surface area contributed by atoms with E-state index in [1.54, 1.807) is 18.3 Å². The van der Waals surface area contributed by atoms with Crippen molar-refractivity contribution in [1.82, 2.24) is 15.5 Å². The molecule has 0 aliphatic rings. The van der Waals surface area contributed by atoms with Gasteiger partial charge in [0.05, 0.1) is 11.7 Å². The summed E-state index contributed by atoms with van der Waals surface area (Å²) in [5, 5.41) is 10.8. The van der Waals surface area contributed by atoms with Crippen LogP contribution in [0.15, 0.2) is 60.8 Å². The van der Waals surface area contributed by atoms with Crippen LogP contribution in [0.5, 0.6) is 0 Å². The predicted molar refractivity (Wildman–Crippen MR) is 83.4 cm³/mol. The normalized spacial score (nSPS) is 11.0. The summed E-state index contributed by atoms with van der Waals surface area (Å²) in [4.78, 5) is 11.8. The summed E-state index contributed by atoms with van der Waals surface area (Å²) in [6.07, 6.45) is 5.12. The van der Waals surface area contributed by atoms with E-state index in [4.69, 9.17) is 0 Å². The molecule has 1 amide bonds. The van der Waals surface area contributed by atoms with Gasteiger partial charge < -0.3 is 5.32 Å². The van der Waals surface area contributed by atoms with Gasteiger partial charge in [0.25, 0.3) is 0 Å². The number of carbonyl (C=O) groups excluding carboxylic acids is 1. The molecule has 0 unspecified atom stereocenters. The van der Waals surface area contributed by atoms with E-state index in [2.05, 4.69) is 15.5 Å². The van der Waals surface area contributed by atoms with Crippen LogP contribution in [0.2, 0.25) is 0 Å². The monoisotopic (exact) mass is 277 g/mol. The van der Waals surface area contributed by atoms with E-state index < -0.39 is 0 Å². The van der Waals surface area contributed by atoms with Crippen LogP contribution < -0.4 is 5.32 Å². The minimum absolute atomic E-state index is 0.105. The molecule has 0 aliphatic heterocycles. The number of nitrogens with one attached hydrogen (secondary N) is 2. The van der Waals surface area contributed by atoms with Gasteiger partial charge in [0.15, 0.2) is 0 Å². The second kappa shape index (κ2) is 6.05. The first-order valence-electron chi connectivity index (χ1n) is 6.74. The molecule has 2 N–H and O–H groups in total. The van der Waals surface area contributed by atoms with Crippen molar-refractivity contribution in [2.75, 3.05) is 0 Å². The lowest BCUT2D eigenvalue weighted by Gasteiger charge is -2.02. The van der Waals surface area contributed by atoms with E-state index in [1.807, 2.05) is 48.5 Å². The quantitative estimate of drug-likeness (QED) is 0.720. The van der Waals surface area contributed by atoms with Crippen molar-refractivity contribution >= 4 is 22.9 Å². The standard InChI is InChI=1S/C17H15N3O/c21-17(9-7-13-4-2-1-3-5-13)18-11-14-6-8-16-15(10-14)12-19-20-16/h1-10,12H,11H2,(H,18,21)(H,19,20)/b9-7+. The molecule has 0 radical (unpaired) electrons. The SMILES string of the molecule is O=C(/C=C/c1ccccc1)NCc1ccc2[nH]ncc2c1. The molecular formula is C17H15N3O. The molecule has 21 heavy (non-hydrogen) atoms. The van der Waals surface area contributed by atoms with Crippen molar-refractivity contribution < 1.29 is 4.79 Å². The third-order valence-corrected chi connectivity index (χ3v) is 3.20. The summed E-state index contributed by atoms with van der Waals surface area (Å²) in [6, 6.07) is 15.7. The van der Waals surface area contributed by atoms with Crippen molar-refractivity contribution in [3.8, 4) is 0 Å². The van der Waals surface area contributed by atoms with E-state index in [1.165, 1.54) is 0 Å². The first-order chi connectivity index (χ1) is 10.3. The number of aromatic nitrogens is 2. The number of aromatic amines is 1. The molecule has 3 aromatic rings. The Morgan fingerprint density at radius 1 is 1.19 bits per heavy atom. The minimum atomic E-state index is -0.105. The molecule has 0 spiro atoms. The van der Waals surface area contributed by atoms with Crippen molar-refractivity contribution in [3.63, 3.8) is 0 Å². The molecule has 3 rings (SSSR count). The lowest BCUT2D eigenvalue weighted by Crippen LogP contribution is -2.20. The first kappa shape index (κ1) is 13.1. The van der Waals surface area contributed by atoms with Gasteiger partial charge in [-0.15, -0.1) is 0 Å². The van der Waals surface area contributed by atoms with Gasteiger partial charge in [-0.25, -0.2) is 0 Å². The maximum Gasteiger partial charge on any atom is 0.244 e. The molecule has 0 bridgehead atoms. The van der Waals surface area contributed by atoms with Gasteiger partial charge >= 0.3 is 0 Å². The minimum Gasteiger partial charge on any atom is -0.348 e. The van der Waals surface area contributed by atoms with E-state index in [9.17, 15) is 4.79 Å². The summed E-state index contributed by atoms with van der Waals surface area (Å²) in [6.45, 7) is 0.499. The van der Waals surface area contributed by atoms with Crippen molar-refractivity contribution in [3.05, 3.63) is 71.9 Å². The Hall–Kier alpha value is -2.88. The van der Waals surface area contributed by atoms with Crippen molar-refractivity contribution in [2.45, 2.75) is 6.54 Å². The molecule has 0 saturated heterocycles. The van der Waals surface area contributed by atoms with E-state index in [0.717, 1.165) is 22.0 Å². The summed E-state index contributed by atoms with van der Waals surface area (Å²) < 4.78 is 0. The largest absolute Gasteiger partial charge is 0.348 e. The predicted octanol–water partition coefficient (Wildman–Crippen LogP) is 2.89. The fraction of sp³-hybridized carbons (Fsp3) is 0.0588. The first-order valence-corrected chi connectivity index (χ1v) is 6.74. The Morgan fingerprint density at radius 3 is 2.90 bits per heavy atom. The van der Waals surface area contributed by atoms with Crippen LogP contribution in [-0.2, 0) is 11.3 Å². The number of nitrogens with zero attached hydrogens (tertiary/aromatic N) is 1. The van der Waals surface area contributed by atoms with Gasteiger partial charge in [-0.1, -0.05) is 36.4 Å². The Labute approximate surface area is 122 Å². The maximum absolute atomic E-state index is 11.8. The highest BCUT2D eigenvalue weighted by atomic mass is 16.1. The molecule has 1 heterocycles. The van der Waals surface area contributed by atoms with E-state index in [0.29, 0.717) is 6.54 Å². The molecule has 4 nitrogen and oxygen atoms in total. The average Bonchev–Trinajstić information content (AvgIpc) is 2.99. The Bertz CT molecular complexity index is 775. The number of amides is 1. The van der Waals surface area contributed by atoms with Gasteiger partial charge in [-0.05, 0) is 29.3 Å². The van der Waals surface area contributed by atoms with Gasteiger partial charge in [-0.3, -0.25) is 9.89 Å². The highest BCUT2D eigenvalue weighted by molar-refractivity contribution is 5.91. The van der Waals surface area contributed by atoms with Gasteiger partial charge in [0.1, 0.15) is 0 Å². The van der Waals surface area contributed by atoms with E-state index in [-0.39, 0.29) is 5.91 Å². The summed E-state index contributed by atoms with van der Waals surface area (Å²) in [5.74, 6) is -0.105. The van der Waals surface area contributed by atoms with Crippen LogP contribution in [0.25, 0.3) is 17.0 Å². The molecular weight excluding hydrogens is 262 g/mol. The molecule has 0 fully saturated rings. The zero-order valence-corrected chi connectivity index (χ0v) is 11.4. The second-order valence-electron chi connectivity index (χ2n) is 4.75. The summed E-state index contributed by atoms with van der Waals surface area (Å²) in [7, 11) is 0. The summed E-state index contributed by atoms with van der Waals surface area (Å²) >= 11 is 0. The smallest absolute Gasteiger partial charge is 0.244 e. The zero-order chi connectivity index (χ0) is 14.5. The third kappa shape index (κ3) is 3.36. The number of benzene rings is 2. The third-order valence-electron chi connectivity index (χ3n) is 3.20. The number of rotatable bonds is 4. The molecule has 4 heteroatoms. The zero-order valence-electron chi connectivity index (χ0n) is 11.4. The number of fused-ring (bicyclic) bond motifs is 1. The lowest BCUT2D eigenvalue weighted by atomic mass is 10.1. The van der Waals surface area contributed by atoms with Crippen molar-refractivity contribution in [1.29, 1.82) is 0 Å². The summed E-state index contributed by atoms with van der Waals surface area (Å²) in [5.41, 5.74) is 3.05. The number of H-pyrrole nitrogens is 1. The van der Waals surface area contributed by atoms with Crippen molar-refractivity contribution in [2.24, 2.45) is 0 Å². The fourth-order valence-corrected chi connectivity index (χ4v) is 2.09. The molecule has 0 saturated carbocycles. The molecule has 0 atom stereocenters. The van der Waals surface area contributed by atoms with Crippen LogP contribution in [0, 0.1) is 0 Å². The average molecular weight is 277 g/mol. The molecule has 0 aliphatic carbocycles. The van der Waals surface area contributed by atoms with Gasteiger partial charge in [0.2, 0.25) is 5.91 Å². The molecule has 1 aromatic heterocycles. The van der Waals surface area contributed by atoms with E-state index >= 15 is 0 Å². The fourth-order valence-electron chi connectivity index (χ4n) is 2.09. The topological polar surface area (TPSA) is 57.8 Å².